The molecule has 0 fully saturated rings. The summed E-state index contributed by atoms with van der Waals surface area (Å²) in [5, 5.41) is 0. The summed E-state index contributed by atoms with van der Waals surface area (Å²) in [6.45, 7) is 6.89. The topological polar surface area (TPSA) is 3.24 Å². The van der Waals surface area contributed by atoms with Crippen LogP contribution in [0, 0.1) is 3.57 Å². The van der Waals surface area contributed by atoms with E-state index in [0.717, 1.165) is 0 Å². The molecule has 1 aromatic rings. The fourth-order valence-electron chi connectivity index (χ4n) is 1.72. The van der Waals surface area contributed by atoms with Crippen LogP contribution in [0.4, 0.5) is 5.69 Å². The van der Waals surface area contributed by atoms with E-state index in [0.29, 0.717) is 0 Å². The van der Waals surface area contributed by atoms with Crippen molar-refractivity contribution in [3.63, 3.8) is 0 Å². The van der Waals surface area contributed by atoms with Crippen molar-refractivity contribution in [1.82, 2.24) is 0 Å². The first-order chi connectivity index (χ1) is 7.77. The number of unbranched alkanes of at least 4 members (excludes halogenated alkanes) is 2. The van der Waals surface area contributed by atoms with Crippen molar-refractivity contribution in [2.75, 3.05) is 18.0 Å². The molecule has 0 heterocycles. The van der Waals surface area contributed by atoms with E-state index >= 15 is 0 Å². The molecule has 1 rings (SSSR count). The molecule has 0 aliphatic rings. The van der Waals surface area contributed by atoms with Crippen LogP contribution < -0.4 is 4.90 Å². The van der Waals surface area contributed by atoms with Crippen LogP contribution in [0.1, 0.15) is 39.5 Å². The molecule has 0 atom stereocenters. The van der Waals surface area contributed by atoms with Gasteiger partial charge in [-0.2, -0.15) is 0 Å². The van der Waals surface area contributed by atoms with Crippen molar-refractivity contribution in [1.29, 1.82) is 0 Å². The molecule has 0 radical (unpaired) electrons. The Kier molecular flexibility index (Phi) is 6.85. The molecule has 0 aromatic heterocycles. The molecular weight excluding hydrogens is 309 g/mol. The van der Waals surface area contributed by atoms with Gasteiger partial charge < -0.3 is 4.90 Å². The summed E-state index contributed by atoms with van der Waals surface area (Å²) in [7, 11) is 0. The molecule has 1 aromatic carbocycles. The third-order valence-corrected chi connectivity index (χ3v) is 3.47. The SMILES string of the molecule is CCCCN(CCCC)c1ccc(I)cc1. The number of benzene rings is 1. The maximum Gasteiger partial charge on any atom is 0.0366 e. The smallest absolute Gasteiger partial charge is 0.0366 e. The summed E-state index contributed by atoms with van der Waals surface area (Å²) >= 11 is 2.36. The predicted molar refractivity (Wildman–Crippen MR) is 81.2 cm³/mol. The number of rotatable bonds is 7. The monoisotopic (exact) mass is 331 g/mol. The summed E-state index contributed by atoms with van der Waals surface area (Å²) in [5.74, 6) is 0. The predicted octanol–water partition coefficient (Wildman–Crippen LogP) is 4.70. The van der Waals surface area contributed by atoms with Crippen molar-refractivity contribution >= 4 is 28.3 Å². The summed E-state index contributed by atoms with van der Waals surface area (Å²) in [6, 6.07) is 8.88. The van der Waals surface area contributed by atoms with E-state index in [-0.39, 0.29) is 0 Å². The van der Waals surface area contributed by atoms with Gasteiger partial charge in [0, 0.05) is 22.3 Å². The van der Waals surface area contributed by atoms with Crippen LogP contribution in [-0.2, 0) is 0 Å². The molecule has 0 saturated carbocycles. The van der Waals surface area contributed by atoms with Crippen LogP contribution >= 0.6 is 22.6 Å². The van der Waals surface area contributed by atoms with Crippen LogP contribution in [0.5, 0.6) is 0 Å². The molecule has 90 valence electrons. The second-order valence-electron chi connectivity index (χ2n) is 4.17. The highest BCUT2D eigenvalue weighted by molar-refractivity contribution is 14.1. The second-order valence-corrected chi connectivity index (χ2v) is 5.42. The van der Waals surface area contributed by atoms with E-state index in [1.165, 1.54) is 48.0 Å². The third kappa shape index (κ3) is 4.73. The molecule has 0 unspecified atom stereocenters. The van der Waals surface area contributed by atoms with Gasteiger partial charge in [-0.05, 0) is 59.7 Å². The minimum atomic E-state index is 1.19. The first kappa shape index (κ1) is 13.8. The van der Waals surface area contributed by atoms with Crippen LogP contribution in [0.25, 0.3) is 0 Å². The number of halogens is 1. The third-order valence-electron chi connectivity index (χ3n) is 2.75. The average molecular weight is 331 g/mol. The molecule has 0 aliphatic carbocycles. The van der Waals surface area contributed by atoms with Crippen molar-refractivity contribution in [2.24, 2.45) is 0 Å². The first-order valence-electron chi connectivity index (χ1n) is 6.28. The van der Waals surface area contributed by atoms with Gasteiger partial charge in [0.05, 0.1) is 0 Å². The second kappa shape index (κ2) is 7.93. The van der Waals surface area contributed by atoms with Gasteiger partial charge in [0.2, 0.25) is 0 Å². The van der Waals surface area contributed by atoms with Crippen molar-refractivity contribution in [3.05, 3.63) is 27.8 Å². The molecule has 0 bridgehead atoms. The number of hydrogen-bond acceptors (Lipinski definition) is 1. The van der Waals surface area contributed by atoms with Gasteiger partial charge >= 0.3 is 0 Å². The van der Waals surface area contributed by atoms with Crippen molar-refractivity contribution in [3.8, 4) is 0 Å². The number of nitrogens with zero attached hydrogens (tertiary/aromatic N) is 1. The van der Waals surface area contributed by atoms with Gasteiger partial charge in [-0.3, -0.25) is 0 Å². The minimum absolute atomic E-state index is 1.19. The van der Waals surface area contributed by atoms with Gasteiger partial charge in [-0.1, -0.05) is 26.7 Å². The Labute approximate surface area is 113 Å². The molecule has 0 amide bonds. The van der Waals surface area contributed by atoms with E-state index in [2.05, 4.69) is 65.6 Å². The molecule has 0 spiro atoms. The first-order valence-corrected chi connectivity index (χ1v) is 7.36. The van der Waals surface area contributed by atoms with Gasteiger partial charge in [-0.25, -0.2) is 0 Å². The molecule has 2 heteroatoms. The maximum atomic E-state index is 2.52. The largest absolute Gasteiger partial charge is 0.372 e. The summed E-state index contributed by atoms with van der Waals surface area (Å²) < 4.78 is 1.31. The van der Waals surface area contributed by atoms with Gasteiger partial charge in [-0.15, -0.1) is 0 Å². The highest BCUT2D eigenvalue weighted by Crippen LogP contribution is 2.17. The van der Waals surface area contributed by atoms with Gasteiger partial charge in [0.25, 0.3) is 0 Å². The van der Waals surface area contributed by atoms with E-state index in [4.69, 9.17) is 0 Å². The highest BCUT2D eigenvalue weighted by Gasteiger charge is 2.04. The Bertz CT molecular complexity index is 273. The average Bonchev–Trinajstić information content (AvgIpc) is 2.31. The Balaban J connectivity index is 2.62. The van der Waals surface area contributed by atoms with Crippen LogP contribution in [0.3, 0.4) is 0 Å². The lowest BCUT2D eigenvalue weighted by Gasteiger charge is -2.24. The van der Waals surface area contributed by atoms with Crippen molar-refractivity contribution in [2.45, 2.75) is 39.5 Å². The van der Waals surface area contributed by atoms with Crippen molar-refractivity contribution < 1.29 is 0 Å². The molecule has 0 aliphatic heterocycles. The normalized spacial score (nSPS) is 10.4. The van der Waals surface area contributed by atoms with Gasteiger partial charge in [0.15, 0.2) is 0 Å². The standard InChI is InChI=1S/C14H22IN/c1-3-5-11-16(12-6-4-2)14-9-7-13(15)8-10-14/h7-10H,3-6,11-12H2,1-2H3. The van der Waals surface area contributed by atoms with E-state index in [9.17, 15) is 0 Å². The maximum absolute atomic E-state index is 2.52. The summed E-state index contributed by atoms with van der Waals surface area (Å²) in [5.41, 5.74) is 1.38. The molecule has 0 saturated heterocycles. The Morgan fingerprint density at radius 2 is 1.44 bits per heavy atom. The highest BCUT2D eigenvalue weighted by atomic mass is 127. The Morgan fingerprint density at radius 1 is 0.938 bits per heavy atom. The molecule has 1 nitrogen and oxygen atoms in total. The van der Waals surface area contributed by atoms with E-state index in [1.54, 1.807) is 0 Å². The minimum Gasteiger partial charge on any atom is -0.372 e. The van der Waals surface area contributed by atoms with Crippen LogP contribution in [-0.4, -0.2) is 13.1 Å². The van der Waals surface area contributed by atoms with E-state index < -0.39 is 0 Å². The van der Waals surface area contributed by atoms with E-state index in [1.807, 2.05) is 0 Å². The fourth-order valence-corrected chi connectivity index (χ4v) is 2.08. The zero-order chi connectivity index (χ0) is 11.8. The molecule has 0 N–H and O–H groups in total. The zero-order valence-corrected chi connectivity index (χ0v) is 12.5. The number of anilines is 1. The quantitative estimate of drug-likeness (QED) is 0.655. The fraction of sp³-hybridized carbons (Fsp3) is 0.571. The Morgan fingerprint density at radius 3 is 1.88 bits per heavy atom. The zero-order valence-electron chi connectivity index (χ0n) is 10.4. The lowest BCUT2D eigenvalue weighted by atomic mass is 10.2. The van der Waals surface area contributed by atoms with Gasteiger partial charge in [0.1, 0.15) is 0 Å². The molecule has 16 heavy (non-hydrogen) atoms. The Hall–Kier alpha value is -0.250. The van der Waals surface area contributed by atoms with Crippen LogP contribution in [0.15, 0.2) is 24.3 Å². The molecular formula is C14H22IN. The number of hydrogen-bond donors (Lipinski definition) is 0. The lowest BCUT2D eigenvalue weighted by Crippen LogP contribution is -2.25. The summed E-state index contributed by atoms with van der Waals surface area (Å²) in [6.07, 6.45) is 5.12. The summed E-state index contributed by atoms with van der Waals surface area (Å²) in [4.78, 5) is 2.52. The van der Waals surface area contributed by atoms with Crippen LogP contribution in [0.2, 0.25) is 0 Å². The lowest BCUT2D eigenvalue weighted by molar-refractivity contribution is 0.678.